The Balaban J connectivity index is 1.24. The van der Waals surface area contributed by atoms with E-state index >= 15 is 0 Å². The summed E-state index contributed by atoms with van der Waals surface area (Å²) >= 11 is 3.50. The van der Waals surface area contributed by atoms with Crippen LogP contribution in [0.2, 0.25) is 0 Å². The molecule has 3 aromatic rings. The first-order chi connectivity index (χ1) is 15.9. The summed E-state index contributed by atoms with van der Waals surface area (Å²) in [7, 11) is 0. The summed E-state index contributed by atoms with van der Waals surface area (Å²) in [5, 5.41) is 7.81. The van der Waals surface area contributed by atoms with E-state index in [0.29, 0.717) is 0 Å². The lowest BCUT2D eigenvalue weighted by atomic mass is 9.93. The molecule has 2 atom stereocenters. The molecule has 3 heterocycles. The molecule has 6 heteroatoms. The molecule has 1 N–H and O–H groups in total. The number of amidine groups is 2. The van der Waals surface area contributed by atoms with E-state index in [2.05, 4.69) is 101 Å². The number of nitrogens with one attached hydrogen (secondary N) is 1. The Morgan fingerprint density at radius 2 is 1.62 bits per heavy atom. The average Bonchev–Trinajstić information content (AvgIpc) is 3.43. The average molecular weight is 455 g/mol. The van der Waals surface area contributed by atoms with Crippen LogP contribution in [-0.2, 0) is 6.54 Å². The maximum absolute atomic E-state index is 5.15. The second-order valence-electron chi connectivity index (χ2n) is 7.91. The van der Waals surface area contributed by atoms with Gasteiger partial charge in [0.1, 0.15) is 6.04 Å². The third-order valence-corrected chi connectivity index (χ3v) is 7.78. The van der Waals surface area contributed by atoms with E-state index in [0.717, 1.165) is 28.3 Å². The van der Waals surface area contributed by atoms with Gasteiger partial charge in [0.15, 0.2) is 10.3 Å². The topological polar surface area (TPSA) is 40.0 Å². The van der Waals surface area contributed by atoms with Crippen LogP contribution in [-0.4, -0.2) is 21.0 Å². The number of benzene rings is 3. The fraction of sp³-hybridized carbons (Fsp3) is 0.154. The van der Waals surface area contributed by atoms with Crippen LogP contribution in [0.25, 0.3) is 0 Å². The van der Waals surface area contributed by atoms with E-state index in [-0.39, 0.29) is 12.1 Å². The first-order valence-corrected chi connectivity index (χ1v) is 12.6. The summed E-state index contributed by atoms with van der Waals surface area (Å²) in [6, 6.07) is 30.0. The monoisotopic (exact) mass is 454 g/mol. The van der Waals surface area contributed by atoms with Gasteiger partial charge in [-0.1, -0.05) is 102 Å². The Morgan fingerprint density at radius 1 is 0.906 bits per heavy atom. The number of nitrogens with zero attached hydrogens (tertiary/aromatic N) is 3. The van der Waals surface area contributed by atoms with Gasteiger partial charge < -0.3 is 10.2 Å². The molecule has 0 saturated heterocycles. The first kappa shape index (κ1) is 19.7. The van der Waals surface area contributed by atoms with Gasteiger partial charge in [-0.25, -0.2) is 0 Å². The van der Waals surface area contributed by atoms with E-state index < -0.39 is 0 Å². The molecule has 0 amide bonds. The van der Waals surface area contributed by atoms with Crippen molar-refractivity contribution < 1.29 is 0 Å². The van der Waals surface area contributed by atoms with Crippen molar-refractivity contribution in [1.29, 1.82) is 0 Å². The second kappa shape index (κ2) is 8.52. The first-order valence-electron chi connectivity index (χ1n) is 10.7. The number of thioether (sulfide) groups is 2. The van der Waals surface area contributed by atoms with Crippen LogP contribution in [0.5, 0.6) is 0 Å². The minimum absolute atomic E-state index is 0.0897. The lowest BCUT2D eigenvalue weighted by Gasteiger charge is -2.30. The summed E-state index contributed by atoms with van der Waals surface area (Å²) < 4.78 is 0. The molecule has 0 aromatic heterocycles. The Hall–Kier alpha value is -2.96. The minimum atomic E-state index is 0.0897. The fourth-order valence-electron chi connectivity index (χ4n) is 4.39. The molecular formula is C26H22N4S2. The van der Waals surface area contributed by atoms with Gasteiger partial charge in [-0.3, -0.25) is 9.98 Å². The SMILES string of the molecule is C1=C(CSC2=NCc3ccccc3N2)N2C(=N[C@@H](c3ccccc3)[C@@H]2c2ccccc2)S1. The van der Waals surface area contributed by atoms with Crippen LogP contribution in [0.4, 0.5) is 5.69 Å². The predicted molar refractivity (Wildman–Crippen MR) is 137 cm³/mol. The third-order valence-electron chi connectivity index (χ3n) is 5.93. The molecule has 0 spiro atoms. The van der Waals surface area contributed by atoms with Crippen LogP contribution in [0.15, 0.2) is 106 Å². The van der Waals surface area contributed by atoms with Gasteiger partial charge in [0.05, 0.1) is 12.6 Å². The summed E-state index contributed by atoms with van der Waals surface area (Å²) in [4.78, 5) is 12.3. The Labute approximate surface area is 196 Å². The smallest absolute Gasteiger partial charge is 0.169 e. The molecule has 4 nitrogen and oxygen atoms in total. The highest BCUT2D eigenvalue weighted by atomic mass is 32.2. The number of para-hydroxylation sites is 1. The summed E-state index contributed by atoms with van der Waals surface area (Å²) in [6.45, 7) is 0.735. The number of hydrogen-bond acceptors (Lipinski definition) is 6. The van der Waals surface area contributed by atoms with E-state index in [1.54, 1.807) is 23.5 Å². The molecule has 3 aliphatic heterocycles. The highest BCUT2D eigenvalue weighted by Gasteiger charge is 2.42. The van der Waals surface area contributed by atoms with Crippen LogP contribution in [0, 0.1) is 0 Å². The molecule has 32 heavy (non-hydrogen) atoms. The summed E-state index contributed by atoms with van der Waals surface area (Å²) in [5.74, 6) is 0.852. The molecular weight excluding hydrogens is 432 g/mol. The number of rotatable bonds is 4. The van der Waals surface area contributed by atoms with E-state index in [1.807, 2.05) is 0 Å². The maximum atomic E-state index is 5.15. The van der Waals surface area contributed by atoms with Crippen molar-refractivity contribution in [2.24, 2.45) is 9.98 Å². The standard InChI is InChI=1S/C26H22N4S2/c1-3-9-18(10-4-1)23-24(19-11-5-2-6-12-19)30-21(17-32-26(30)29-23)16-31-25-27-15-20-13-7-8-14-22(20)28-25/h1-14,17,23-24H,15-16H2,(H,27,28)/t23-,24-/m0/s1. The summed E-state index contributed by atoms with van der Waals surface area (Å²) in [5.41, 5.74) is 6.24. The van der Waals surface area contributed by atoms with Gasteiger partial charge in [0, 0.05) is 17.1 Å². The van der Waals surface area contributed by atoms with Crippen molar-refractivity contribution in [1.82, 2.24) is 4.90 Å². The molecule has 0 aliphatic carbocycles. The highest BCUT2D eigenvalue weighted by molar-refractivity contribution is 8.17. The van der Waals surface area contributed by atoms with E-state index in [9.17, 15) is 0 Å². The van der Waals surface area contributed by atoms with Crippen molar-refractivity contribution in [2.45, 2.75) is 18.6 Å². The van der Waals surface area contributed by atoms with Crippen molar-refractivity contribution in [3.05, 3.63) is 113 Å². The van der Waals surface area contributed by atoms with Gasteiger partial charge >= 0.3 is 0 Å². The molecule has 158 valence electrons. The predicted octanol–water partition coefficient (Wildman–Crippen LogP) is 6.44. The Kier molecular flexibility index (Phi) is 5.25. The lowest BCUT2D eigenvalue weighted by molar-refractivity contribution is 0.379. The second-order valence-corrected chi connectivity index (χ2v) is 9.71. The van der Waals surface area contributed by atoms with Crippen LogP contribution in [0.3, 0.4) is 0 Å². The van der Waals surface area contributed by atoms with Crippen molar-refractivity contribution in [3.8, 4) is 0 Å². The molecule has 0 fully saturated rings. The molecule has 0 saturated carbocycles. The van der Waals surface area contributed by atoms with Gasteiger partial charge in [-0.15, -0.1) is 0 Å². The number of hydrogen-bond donors (Lipinski definition) is 1. The molecule has 0 unspecified atom stereocenters. The van der Waals surface area contributed by atoms with Crippen LogP contribution < -0.4 is 5.32 Å². The van der Waals surface area contributed by atoms with E-state index in [1.165, 1.54) is 22.4 Å². The minimum Gasteiger partial charge on any atom is -0.335 e. The van der Waals surface area contributed by atoms with Crippen LogP contribution >= 0.6 is 23.5 Å². The van der Waals surface area contributed by atoms with Gasteiger partial charge in [-0.2, -0.15) is 0 Å². The number of fused-ring (bicyclic) bond motifs is 2. The zero-order valence-corrected chi connectivity index (χ0v) is 19.0. The number of aliphatic imine (C=N–C) groups is 2. The zero-order chi connectivity index (χ0) is 21.3. The normalized spacial score (nSPS) is 21.2. The zero-order valence-electron chi connectivity index (χ0n) is 17.4. The van der Waals surface area contributed by atoms with Gasteiger partial charge in [0.25, 0.3) is 0 Å². The van der Waals surface area contributed by atoms with E-state index in [4.69, 9.17) is 9.98 Å². The molecule has 3 aliphatic rings. The summed E-state index contributed by atoms with van der Waals surface area (Å²) in [6.07, 6.45) is 0. The Bertz CT molecular complexity index is 1220. The fourth-order valence-corrected chi connectivity index (χ4v) is 6.29. The van der Waals surface area contributed by atoms with Crippen molar-refractivity contribution in [2.75, 3.05) is 11.1 Å². The quantitative estimate of drug-likeness (QED) is 0.492. The van der Waals surface area contributed by atoms with Crippen molar-refractivity contribution >= 4 is 39.5 Å². The molecule has 0 radical (unpaired) electrons. The van der Waals surface area contributed by atoms with Gasteiger partial charge in [0.2, 0.25) is 0 Å². The lowest BCUT2D eigenvalue weighted by Crippen LogP contribution is -2.28. The highest BCUT2D eigenvalue weighted by Crippen LogP contribution is 2.49. The molecule has 6 rings (SSSR count). The number of anilines is 1. The van der Waals surface area contributed by atoms with Crippen LogP contribution in [0.1, 0.15) is 28.8 Å². The Morgan fingerprint density at radius 3 is 2.44 bits per heavy atom. The maximum Gasteiger partial charge on any atom is 0.169 e. The molecule has 0 bridgehead atoms. The van der Waals surface area contributed by atoms with Crippen molar-refractivity contribution in [3.63, 3.8) is 0 Å². The largest absolute Gasteiger partial charge is 0.335 e. The third kappa shape index (κ3) is 3.63. The van der Waals surface area contributed by atoms with Gasteiger partial charge in [-0.05, 0) is 28.2 Å². The molecule has 3 aromatic carbocycles.